The summed E-state index contributed by atoms with van der Waals surface area (Å²) in [6, 6.07) is 7.80. The predicted molar refractivity (Wildman–Crippen MR) is 73.1 cm³/mol. The van der Waals surface area contributed by atoms with E-state index in [9.17, 15) is 0 Å². The van der Waals surface area contributed by atoms with Crippen molar-refractivity contribution < 1.29 is 0 Å². The van der Waals surface area contributed by atoms with Gasteiger partial charge in [-0.1, -0.05) is 42.9 Å². The highest BCUT2D eigenvalue weighted by molar-refractivity contribution is 7.80. The van der Waals surface area contributed by atoms with Crippen LogP contribution in [0.3, 0.4) is 0 Å². The maximum absolute atomic E-state index is 5.86. The number of thiocarbonyl (C=S) groups is 1. The average molecular weight is 254 g/mol. The van der Waals surface area contributed by atoms with Gasteiger partial charge in [0.1, 0.15) is 4.99 Å². The average Bonchev–Trinajstić information content (AvgIpc) is 2.30. The van der Waals surface area contributed by atoms with Gasteiger partial charge in [0.15, 0.2) is 0 Å². The first-order valence-corrected chi connectivity index (χ1v) is 6.50. The number of benzene rings is 1. The van der Waals surface area contributed by atoms with Crippen molar-refractivity contribution in [1.82, 2.24) is 4.90 Å². The maximum atomic E-state index is 5.86. The van der Waals surface area contributed by atoms with Gasteiger partial charge in [-0.15, -0.1) is 0 Å². The molecule has 0 aromatic heterocycles. The van der Waals surface area contributed by atoms with E-state index in [1.807, 2.05) is 24.3 Å². The summed E-state index contributed by atoms with van der Waals surface area (Å²) >= 11 is 11.4. The van der Waals surface area contributed by atoms with Crippen LogP contribution < -0.4 is 0 Å². The molecule has 1 aromatic rings. The van der Waals surface area contributed by atoms with Crippen LogP contribution in [0.2, 0.25) is 5.02 Å². The molecular weight excluding hydrogens is 238 g/mol. The van der Waals surface area contributed by atoms with E-state index in [1.165, 1.54) is 12.8 Å². The third-order valence-electron chi connectivity index (χ3n) is 3.16. The van der Waals surface area contributed by atoms with Gasteiger partial charge >= 0.3 is 0 Å². The summed E-state index contributed by atoms with van der Waals surface area (Å²) < 4.78 is 0. The lowest BCUT2D eigenvalue weighted by Gasteiger charge is -2.32. The smallest absolute Gasteiger partial charge is 0.109 e. The Labute approximate surface area is 107 Å². The third-order valence-corrected chi connectivity index (χ3v) is 3.91. The quantitative estimate of drug-likeness (QED) is 0.702. The Morgan fingerprint density at radius 3 is 2.38 bits per heavy atom. The fourth-order valence-electron chi connectivity index (χ4n) is 1.99. The van der Waals surface area contributed by atoms with Gasteiger partial charge in [0, 0.05) is 23.7 Å². The van der Waals surface area contributed by atoms with Gasteiger partial charge < -0.3 is 4.90 Å². The first-order chi connectivity index (χ1) is 7.66. The molecule has 1 fully saturated rings. The lowest BCUT2D eigenvalue weighted by molar-refractivity contribution is 0.284. The number of piperidine rings is 1. The lowest BCUT2D eigenvalue weighted by atomic mass is 9.99. The monoisotopic (exact) mass is 253 g/mol. The molecule has 1 aliphatic rings. The minimum Gasteiger partial charge on any atom is -0.362 e. The number of likely N-dealkylation sites (tertiary alicyclic amines) is 1. The SMILES string of the molecule is CC1CCN(C(=S)c2ccc(Cl)cc2)CC1. The number of hydrogen-bond acceptors (Lipinski definition) is 1. The molecule has 1 aliphatic heterocycles. The minimum absolute atomic E-state index is 0.763. The van der Waals surface area contributed by atoms with Crippen LogP contribution >= 0.6 is 23.8 Å². The Morgan fingerprint density at radius 2 is 1.81 bits per heavy atom. The van der Waals surface area contributed by atoms with Gasteiger partial charge in [-0.3, -0.25) is 0 Å². The van der Waals surface area contributed by atoms with Crippen molar-refractivity contribution in [2.75, 3.05) is 13.1 Å². The van der Waals surface area contributed by atoms with E-state index in [1.54, 1.807) is 0 Å². The van der Waals surface area contributed by atoms with Crippen molar-refractivity contribution in [1.29, 1.82) is 0 Å². The van der Waals surface area contributed by atoms with E-state index in [0.717, 1.165) is 34.6 Å². The first-order valence-electron chi connectivity index (χ1n) is 5.71. The van der Waals surface area contributed by atoms with Gasteiger partial charge in [-0.05, 0) is 30.9 Å². The summed E-state index contributed by atoms with van der Waals surface area (Å²) in [6.45, 7) is 4.48. The second-order valence-electron chi connectivity index (χ2n) is 4.48. The van der Waals surface area contributed by atoms with Crippen molar-refractivity contribution in [3.8, 4) is 0 Å². The molecule has 0 bridgehead atoms. The summed E-state index contributed by atoms with van der Waals surface area (Å²) in [4.78, 5) is 3.27. The largest absolute Gasteiger partial charge is 0.362 e. The van der Waals surface area contributed by atoms with E-state index in [2.05, 4.69) is 11.8 Å². The molecule has 0 spiro atoms. The maximum Gasteiger partial charge on any atom is 0.109 e. The highest BCUT2D eigenvalue weighted by atomic mass is 35.5. The summed E-state index contributed by atoms with van der Waals surface area (Å²) in [5, 5.41) is 0.763. The van der Waals surface area contributed by atoms with Crippen molar-refractivity contribution in [3.63, 3.8) is 0 Å². The lowest BCUT2D eigenvalue weighted by Crippen LogP contribution is -2.37. The van der Waals surface area contributed by atoms with Crippen molar-refractivity contribution >= 4 is 28.8 Å². The van der Waals surface area contributed by atoms with Crippen LogP contribution in [0.25, 0.3) is 0 Å². The molecule has 1 saturated heterocycles. The molecule has 0 saturated carbocycles. The van der Waals surface area contributed by atoms with Gasteiger partial charge in [-0.2, -0.15) is 0 Å². The van der Waals surface area contributed by atoms with Crippen molar-refractivity contribution in [2.45, 2.75) is 19.8 Å². The van der Waals surface area contributed by atoms with Crippen LogP contribution in [0.15, 0.2) is 24.3 Å². The van der Waals surface area contributed by atoms with Gasteiger partial charge in [-0.25, -0.2) is 0 Å². The van der Waals surface area contributed by atoms with Crippen LogP contribution in [-0.4, -0.2) is 23.0 Å². The van der Waals surface area contributed by atoms with E-state index < -0.39 is 0 Å². The zero-order chi connectivity index (χ0) is 11.5. The van der Waals surface area contributed by atoms with E-state index in [-0.39, 0.29) is 0 Å². The van der Waals surface area contributed by atoms with Gasteiger partial charge in [0.25, 0.3) is 0 Å². The Morgan fingerprint density at radius 1 is 1.25 bits per heavy atom. The van der Waals surface area contributed by atoms with Gasteiger partial charge in [0.05, 0.1) is 0 Å². The van der Waals surface area contributed by atoms with Crippen LogP contribution in [-0.2, 0) is 0 Å². The highest BCUT2D eigenvalue weighted by Crippen LogP contribution is 2.19. The molecule has 0 unspecified atom stereocenters. The van der Waals surface area contributed by atoms with E-state index in [4.69, 9.17) is 23.8 Å². The van der Waals surface area contributed by atoms with Crippen molar-refractivity contribution in [3.05, 3.63) is 34.9 Å². The fraction of sp³-hybridized carbons (Fsp3) is 0.462. The van der Waals surface area contributed by atoms with Crippen LogP contribution in [0.4, 0.5) is 0 Å². The molecule has 1 nitrogen and oxygen atoms in total. The number of nitrogens with zero attached hydrogens (tertiary/aromatic N) is 1. The molecular formula is C13H16ClNS. The summed E-state index contributed by atoms with van der Waals surface area (Å²) in [5.74, 6) is 0.837. The second kappa shape index (κ2) is 5.15. The molecule has 3 heteroatoms. The Hall–Kier alpha value is -0.600. The van der Waals surface area contributed by atoms with E-state index in [0.29, 0.717) is 0 Å². The normalized spacial score (nSPS) is 17.5. The Kier molecular flexibility index (Phi) is 3.82. The number of halogens is 1. The summed E-state index contributed by atoms with van der Waals surface area (Å²) in [6.07, 6.45) is 2.49. The predicted octanol–water partition coefficient (Wildman–Crippen LogP) is 3.75. The Balaban J connectivity index is 2.05. The molecule has 0 radical (unpaired) electrons. The first kappa shape index (κ1) is 11.9. The molecule has 1 heterocycles. The molecule has 0 N–H and O–H groups in total. The summed E-state index contributed by atoms with van der Waals surface area (Å²) in [5.41, 5.74) is 1.11. The third kappa shape index (κ3) is 2.74. The molecule has 0 amide bonds. The molecule has 16 heavy (non-hydrogen) atoms. The second-order valence-corrected chi connectivity index (χ2v) is 5.30. The highest BCUT2D eigenvalue weighted by Gasteiger charge is 2.18. The van der Waals surface area contributed by atoms with E-state index >= 15 is 0 Å². The van der Waals surface area contributed by atoms with Crippen LogP contribution in [0, 0.1) is 5.92 Å². The molecule has 86 valence electrons. The van der Waals surface area contributed by atoms with Gasteiger partial charge in [0.2, 0.25) is 0 Å². The number of hydrogen-bond donors (Lipinski definition) is 0. The standard InChI is InChI=1S/C13H16ClNS/c1-10-6-8-15(9-7-10)13(16)11-2-4-12(14)5-3-11/h2-5,10H,6-9H2,1H3. The summed E-state index contributed by atoms with van der Waals surface area (Å²) in [7, 11) is 0. The van der Waals surface area contributed by atoms with Crippen molar-refractivity contribution in [2.24, 2.45) is 5.92 Å². The van der Waals surface area contributed by atoms with Crippen LogP contribution in [0.5, 0.6) is 0 Å². The zero-order valence-corrected chi connectivity index (χ0v) is 11.0. The Bertz CT molecular complexity index is 366. The van der Waals surface area contributed by atoms with Crippen LogP contribution in [0.1, 0.15) is 25.3 Å². The minimum atomic E-state index is 0.763. The number of rotatable bonds is 1. The molecule has 2 rings (SSSR count). The molecule has 0 atom stereocenters. The molecule has 0 aliphatic carbocycles. The zero-order valence-electron chi connectivity index (χ0n) is 9.45. The molecule has 1 aromatic carbocycles. The topological polar surface area (TPSA) is 3.24 Å². The fourth-order valence-corrected chi connectivity index (χ4v) is 2.43.